The molecule has 0 atom stereocenters. The zero-order chi connectivity index (χ0) is 17.4. The highest BCUT2D eigenvalue weighted by atomic mass is 127. The normalized spacial score (nSPS) is 18.3. The summed E-state index contributed by atoms with van der Waals surface area (Å²) in [5, 5.41) is 6.14. The molecule has 1 saturated carbocycles. The van der Waals surface area contributed by atoms with E-state index in [0.717, 1.165) is 25.7 Å². The van der Waals surface area contributed by atoms with Gasteiger partial charge in [-0.3, -0.25) is 9.79 Å². The summed E-state index contributed by atoms with van der Waals surface area (Å²) in [6.07, 6.45) is 4.79. The molecule has 1 aliphatic heterocycles. The molecule has 1 saturated heterocycles. The number of ether oxygens (including phenoxy) is 1. The average Bonchev–Trinajstić information content (AvgIpc) is 3.36. The molecule has 0 spiro atoms. The van der Waals surface area contributed by atoms with Crippen LogP contribution >= 0.6 is 24.0 Å². The Balaban J connectivity index is 0.00000312. The van der Waals surface area contributed by atoms with Crippen LogP contribution in [0.1, 0.15) is 45.4 Å². The quantitative estimate of drug-likeness (QED) is 0.226. The van der Waals surface area contributed by atoms with E-state index in [1.165, 1.54) is 0 Å². The number of guanidine groups is 1. The SMILES string of the molecule is CCOC(=O)N1CCC(NC(N)=NCCCC(=O)NC2CC2)CC1.I. The number of carbonyl (C=O) groups excluding carboxylic acids is 2. The van der Waals surface area contributed by atoms with Crippen molar-refractivity contribution in [1.29, 1.82) is 0 Å². The van der Waals surface area contributed by atoms with Crippen molar-refractivity contribution in [2.24, 2.45) is 10.7 Å². The number of nitrogens with zero attached hydrogens (tertiary/aromatic N) is 2. The van der Waals surface area contributed by atoms with Crippen LogP contribution in [0.3, 0.4) is 0 Å². The summed E-state index contributed by atoms with van der Waals surface area (Å²) < 4.78 is 5.00. The molecule has 2 aliphatic rings. The van der Waals surface area contributed by atoms with Crippen molar-refractivity contribution in [3.63, 3.8) is 0 Å². The van der Waals surface area contributed by atoms with Crippen LogP contribution in [0.25, 0.3) is 0 Å². The topological polar surface area (TPSA) is 109 Å². The molecule has 0 aromatic carbocycles. The van der Waals surface area contributed by atoms with E-state index in [1.54, 1.807) is 11.8 Å². The number of hydrogen-bond donors (Lipinski definition) is 3. The smallest absolute Gasteiger partial charge is 0.409 e. The Hall–Kier alpha value is -1.26. The van der Waals surface area contributed by atoms with Gasteiger partial charge in [-0.1, -0.05) is 0 Å². The molecule has 144 valence electrons. The van der Waals surface area contributed by atoms with Gasteiger partial charge in [-0.25, -0.2) is 4.79 Å². The van der Waals surface area contributed by atoms with Crippen LogP contribution in [0.4, 0.5) is 4.79 Å². The Morgan fingerprint density at radius 2 is 1.80 bits per heavy atom. The molecule has 2 fully saturated rings. The number of aliphatic imine (C=N–C) groups is 1. The number of carbonyl (C=O) groups is 2. The molecule has 0 unspecified atom stereocenters. The fourth-order valence-corrected chi connectivity index (χ4v) is 2.64. The van der Waals surface area contributed by atoms with E-state index in [2.05, 4.69) is 15.6 Å². The largest absolute Gasteiger partial charge is 0.450 e. The molecule has 2 rings (SSSR count). The summed E-state index contributed by atoms with van der Waals surface area (Å²) in [4.78, 5) is 29.2. The third-order valence-corrected chi connectivity index (χ3v) is 4.16. The Kier molecular flexibility index (Phi) is 9.91. The monoisotopic (exact) mass is 467 g/mol. The molecule has 0 aromatic heterocycles. The Morgan fingerprint density at radius 3 is 2.40 bits per heavy atom. The number of nitrogens with two attached hydrogens (primary N) is 1. The fraction of sp³-hybridized carbons (Fsp3) is 0.812. The maximum absolute atomic E-state index is 11.6. The van der Waals surface area contributed by atoms with Crippen molar-refractivity contribution in [2.75, 3.05) is 26.2 Å². The van der Waals surface area contributed by atoms with Crippen LogP contribution in [-0.2, 0) is 9.53 Å². The standard InChI is InChI=1S/C16H29N5O3.HI/c1-2-24-16(23)21-10-7-13(8-11-21)20-15(17)18-9-3-4-14(22)19-12-5-6-12;/h12-13H,2-11H2,1H3,(H,19,22)(H3,17,18,20);1H. The highest BCUT2D eigenvalue weighted by Gasteiger charge is 2.24. The Bertz CT molecular complexity index is 463. The number of piperidine rings is 1. The van der Waals surface area contributed by atoms with E-state index in [1.807, 2.05) is 0 Å². The maximum Gasteiger partial charge on any atom is 0.409 e. The predicted molar refractivity (Wildman–Crippen MR) is 107 cm³/mol. The van der Waals surface area contributed by atoms with Crippen molar-refractivity contribution in [3.8, 4) is 0 Å². The highest BCUT2D eigenvalue weighted by molar-refractivity contribution is 14.0. The van der Waals surface area contributed by atoms with Gasteiger partial charge in [-0.05, 0) is 39.0 Å². The van der Waals surface area contributed by atoms with Crippen LogP contribution in [0.2, 0.25) is 0 Å². The summed E-state index contributed by atoms with van der Waals surface area (Å²) in [7, 11) is 0. The van der Waals surface area contributed by atoms with Gasteiger partial charge in [0, 0.05) is 38.1 Å². The van der Waals surface area contributed by atoms with Crippen LogP contribution in [0.5, 0.6) is 0 Å². The van der Waals surface area contributed by atoms with Gasteiger partial charge in [0.15, 0.2) is 5.96 Å². The van der Waals surface area contributed by atoms with Crippen molar-refractivity contribution >= 4 is 41.9 Å². The molecule has 8 nitrogen and oxygen atoms in total. The number of rotatable bonds is 7. The van der Waals surface area contributed by atoms with Gasteiger partial charge < -0.3 is 26.0 Å². The first-order valence-electron chi connectivity index (χ1n) is 8.86. The number of halogens is 1. The molecular formula is C16H30IN5O3. The summed E-state index contributed by atoms with van der Waals surface area (Å²) >= 11 is 0. The van der Waals surface area contributed by atoms with E-state index in [9.17, 15) is 9.59 Å². The zero-order valence-electron chi connectivity index (χ0n) is 14.8. The van der Waals surface area contributed by atoms with Crippen LogP contribution in [0.15, 0.2) is 4.99 Å². The van der Waals surface area contributed by atoms with Crippen molar-refractivity contribution in [2.45, 2.75) is 57.5 Å². The van der Waals surface area contributed by atoms with Crippen molar-refractivity contribution < 1.29 is 14.3 Å². The lowest BCUT2D eigenvalue weighted by Gasteiger charge is -2.31. The van der Waals surface area contributed by atoms with E-state index in [4.69, 9.17) is 10.5 Å². The van der Waals surface area contributed by atoms with Gasteiger partial charge >= 0.3 is 6.09 Å². The molecule has 2 amide bonds. The predicted octanol–water partition coefficient (Wildman–Crippen LogP) is 1.19. The second-order valence-electron chi connectivity index (χ2n) is 6.32. The van der Waals surface area contributed by atoms with Gasteiger partial charge in [0.05, 0.1) is 6.61 Å². The first-order chi connectivity index (χ1) is 11.6. The third-order valence-electron chi connectivity index (χ3n) is 4.16. The number of hydrogen-bond acceptors (Lipinski definition) is 4. The average molecular weight is 467 g/mol. The lowest BCUT2D eigenvalue weighted by Crippen LogP contribution is -2.48. The summed E-state index contributed by atoms with van der Waals surface area (Å²) in [6, 6.07) is 0.630. The molecule has 1 heterocycles. The maximum atomic E-state index is 11.6. The second kappa shape index (κ2) is 11.4. The lowest BCUT2D eigenvalue weighted by molar-refractivity contribution is -0.121. The molecular weight excluding hydrogens is 437 g/mol. The minimum absolute atomic E-state index is 0. The van der Waals surface area contributed by atoms with Crippen LogP contribution in [-0.4, -0.2) is 61.2 Å². The third kappa shape index (κ3) is 8.59. The number of likely N-dealkylation sites (tertiary alicyclic amines) is 1. The van der Waals surface area contributed by atoms with E-state index >= 15 is 0 Å². The summed E-state index contributed by atoms with van der Waals surface area (Å²) in [5.74, 6) is 0.512. The minimum Gasteiger partial charge on any atom is -0.450 e. The zero-order valence-corrected chi connectivity index (χ0v) is 17.2. The van der Waals surface area contributed by atoms with Crippen LogP contribution < -0.4 is 16.4 Å². The molecule has 1 aliphatic carbocycles. The Morgan fingerprint density at radius 1 is 1.16 bits per heavy atom. The molecule has 0 bridgehead atoms. The van der Waals surface area contributed by atoms with Gasteiger partial charge in [-0.2, -0.15) is 0 Å². The Labute approximate surface area is 166 Å². The van der Waals surface area contributed by atoms with Gasteiger partial charge in [0.1, 0.15) is 0 Å². The molecule has 9 heteroatoms. The summed E-state index contributed by atoms with van der Waals surface area (Å²) in [5.41, 5.74) is 5.89. The number of nitrogens with one attached hydrogen (secondary N) is 2. The fourth-order valence-electron chi connectivity index (χ4n) is 2.64. The van der Waals surface area contributed by atoms with Gasteiger partial charge in [-0.15, -0.1) is 24.0 Å². The molecule has 0 radical (unpaired) electrons. The highest BCUT2D eigenvalue weighted by Crippen LogP contribution is 2.18. The molecule has 4 N–H and O–H groups in total. The first kappa shape index (κ1) is 21.8. The van der Waals surface area contributed by atoms with Crippen molar-refractivity contribution in [1.82, 2.24) is 15.5 Å². The second-order valence-corrected chi connectivity index (χ2v) is 6.32. The van der Waals surface area contributed by atoms with Crippen molar-refractivity contribution in [3.05, 3.63) is 0 Å². The van der Waals surface area contributed by atoms with E-state index < -0.39 is 0 Å². The lowest BCUT2D eigenvalue weighted by atomic mass is 10.1. The number of amides is 2. The summed E-state index contributed by atoms with van der Waals surface area (Å²) in [6.45, 7) is 4.06. The minimum atomic E-state index is -0.248. The molecule has 0 aromatic rings. The van der Waals surface area contributed by atoms with Crippen LogP contribution in [0, 0.1) is 0 Å². The van der Waals surface area contributed by atoms with Gasteiger partial charge in [0.2, 0.25) is 5.91 Å². The molecule has 25 heavy (non-hydrogen) atoms. The van der Waals surface area contributed by atoms with Gasteiger partial charge in [0.25, 0.3) is 0 Å². The first-order valence-corrected chi connectivity index (χ1v) is 8.86. The van der Waals surface area contributed by atoms with E-state index in [-0.39, 0.29) is 42.0 Å². The van der Waals surface area contributed by atoms with E-state index in [0.29, 0.717) is 51.1 Å².